The first-order valence-corrected chi connectivity index (χ1v) is 12.6. The van der Waals surface area contributed by atoms with Crippen molar-refractivity contribution in [2.24, 2.45) is 0 Å². The first-order valence-electron chi connectivity index (χ1n) is 9.63. The van der Waals surface area contributed by atoms with Crippen LogP contribution < -0.4 is 9.44 Å². The van der Waals surface area contributed by atoms with Crippen molar-refractivity contribution in [3.8, 4) is 0 Å². The molecule has 5 nitrogen and oxygen atoms in total. The molecular weight excluding hydrogens is 404 g/mol. The van der Waals surface area contributed by atoms with Gasteiger partial charge in [0.25, 0.3) is 0 Å². The standard InChI is InChI=1S/C22H32N2O3S2/c1-21(2,3)23-28(25)16-19-13-11-18(12-14-19)15-22(4,5)24-29(26,27)17-20-9-7-6-8-10-20/h6-14,23-24H,15-17H2,1-5H3. The lowest BCUT2D eigenvalue weighted by atomic mass is 9.96. The van der Waals surface area contributed by atoms with Gasteiger partial charge >= 0.3 is 0 Å². The van der Waals surface area contributed by atoms with E-state index in [2.05, 4.69) is 9.44 Å². The van der Waals surface area contributed by atoms with E-state index in [0.717, 1.165) is 16.7 Å². The van der Waals surface area contributed by atoms with Gasteiger partial charge in [0.1, 0.15) is 0 Å². The van der Waals surface area contributed by atoms with Crippen LogP contribution in [0.15, 0.2) is 54.6 Å². The minimum absolute atomic E-state index is 0.0389. The zero-order valence-corrected chi connectivity index (χ0v) is 19.5. The van der Waals surface area contributed by atoms with E-state index < -0.39 is 26.5 Å². The molecular formula is C22H32N2O3S2. The second kappa shape index (κ2) is 9.51. The van der Waals surface area contributed by atoms with Crippen molar-refractivity contribution in [1.82, 2.24) is 9.44 Å². The van der Waals surface area contributed by atoms with Crippen molar-refractivity contribution in [2.45, 2.75) is 63.6 Å². The molecule has 1 atom stereocenters. The minimum atomic E-state index is -3.45. The highest BCUT2D eigenvalue weighted by Gasteiger charge is 2.25. The molecule has 0 saturated heterocycles. The Kier molecular flexibility index (Phi) is 7.79. The monoisotopic (exact) mass is 436 g/mol. The van der Waals surface area contributed by atoms with E-state index in [4.69, 9.17) is 0 Å². The Hall–Kier alpha value is -1.54. The molecule has 7 heteroatoms. The molecule has 0 aliphatic carbocycles. The third-order valence-electron chi connectivity index (χ3n) is 4.02. The Morgan fingerprint density at radius 1 is 0.828 bits per heavy atom. The fraction of sp³-hybridized carbons (Fsp3) is 0.455. The molecule has 0 radical (unpaired) electrons. The largest absolute Gasteiger partial charge is 0.243 e. The third-order valence-corrected chi connectivity index (χ3v) is 7.03. The summed E-state index contributed by atoms with van der Waals surface area (Å²) in [6.45, 7) is 9.70. The molecule has 0 bridgehead atoms. The minimum Gasteiger partial charge on any atom is -0.243 e. The van der Waals surface area contributed by atoms with Crippen LogP contribution in [-0.2, 0) is 38.9 Å². The van der Waals surface area contributed by atoms with Gasteiger partial charge in [-0.05, 0) is 57.7 Å². The van der Waals surface area contributed by atoms with E-state index in [1.807, 2.05) is 89.2 Å². The summed E-state index contributed by atoms with van der Waals surface area (Å²) >= 11 is 0. The molecule has 0 aliphatic heterocycles. The summed E-state index contributed by atoms with van der Waals surface area (Å²) in [7, 11) is -4.59. The molecule has 0 heterocycles. The maximum atomic E-state index is 12.5. The molecule has 0 amide bonds. The maximum absolute atomic E-state index is 12.5. The molecule has 1 unspecified atom stereocenters. The van der Waals surface area contributed by atoms with E-state index >= 15 is 0 Å². The summed E-state index contributed by atoms with van der Waals surface area (Å²) in [5.74, 6) is 0.396. The second-order valence-corrected chi connectivity index (χ2v) is 12.0. The fourth-order valence-electron chi connectivity index (χ4n) is 3.08. The molecule has 0 spiro atoms. The molecule has 2 aromatic carbocycles. The van der Waals surface area contributed by atoms with Crippen LogP contribution in [0, 0.1) is 0 Å². The zero-order valence-electron chi connectivity index (χ0n) is 17.9. The van der Waals surface area contributed by atoms with Crippen LogP contribution in [0.1, 0.15) is 51.3 Å². The third kappa shape index (κ3) is 9.21. The number of sulfonamides is 1. The number of nitrogens with one attached hydrogen (secondary N) is 2. The smallest absolute Gasteiger partial charge is 0.216 e. The molecule has 2 aromatic rings. The molecule has 29 heavy (non-hydrogen) atoms. The summed E-state index contributed by atoms with van der Waals surface area (Å²) in [5, 5.41) is 0. The lowest BCUT2D eigenvalue weighted by Crippen LogP contribution is -2.45. The van der Waals surface area contributed by atoms with Gasteiger partial charge in [0.2, 0.25) is 10.0 Å². The molecule has 0 aromatic heterocycles. The van der Waals surface area contributed by atoms with E-state index in [-0.39, 0.29) is 11.3 Å². The number of rotatable bonds is 9. The van der Waals surface area contributed by atoms with Crippen LogP contribution in [0.3, 0.4) is 0 Å². The topological polar surface area (TPSA) is 75.3 Å². The molecule has 2 N–H and O–H groups in total. The maximum Gasteiger partial charge on any atom is 0.216 e. The Morgan fingerprint density at radius 2 is 1.38 bits per heavy atom. The van der Waals surface area contributed by atoms with Gasteiger partial charge in [0.05, 0.1) is 22.5 Å². The van der Waals surface area contributed by atoms with Gasteiger partial charge in [-0.15, -0.1) is 0 Å². The van der Waals surface area contributed by atoms with Crippen molar-refractivity contribution < 1.29 is 12.6 Å². The van der Waals surface area contributed by atoms with Crippen molar-refractivity contribution in [3.05, 3.63) is 71.3 Å². The van der Waals surface area contributed by atoms with E-state index in [0.29, 0.717) is 12.2 Å². The van der Waals surface area contributed by atoms with Crippen molar-refractivity contribution in [3.63, 3.8) is 0 Å². The Labute approximate surface area is 178 Å². The highest BCUT2D eigenvalue weighted by atomic mass is 32.2. The summed E-state index contributed by atoms with van der Waals surface area (Å²) in [4.78, 5) is 0. The first-order chi connectivity index (χ1) is 13.3. The van der Waals surface area contributed by atoms with Crippen LogP contribution in [0.5, 0.6) is 0 Å². The number of hydrogen-bond acceptors (Lipinski definition) is 3. The van der Waals surface area contributed by atoms with Gasteiger partial charge in [-0.3, -0.25) is 0 Å². The summed E-state index contributed by atoms with van der Waals surface area (Å²) in [6, 6.07) is 17.0. The van der Waals surface area contributed by atoms with Crippen LogP contribution in [0.4, 0.5) is 0 Å². The quantitative estimate of drug-likeness (QED) is 0.630. The highest BCUT2D eigenvalue weighted by molar-refractivity contribution is 7.88. The Balaban J connectivity index is 1.96. The zero-order chi connectivity index (χ0) is 21.7. The molecule has 160 valence electrons. The molecule has 0 saturated carbocycles. The summed E-state index contributed by atoms with van der Waals surface area (Å²) < 4.78 is 43.1. The van der Waals surface area contributed by atoms with Gasteiger partial charge in [0.15, 0.2) is 0 Å². The second-order valence-electron chi connectivity index (χ2n) is 9.07. The summed E-state index contributed by atoms with van der Waals surface area (Å²) in [6.07, 6.45) is 0.560. The number of hydrogen-bond donors (Lipinski definition) is 2. The predicted molar refractivity (Wildman–Crippen MR) is 121 cm³/mol. The average Bonchev–Trinajstić information content (AvgIpc) is 2.54. The van der Waals surface area contributed by atoms with Crippen LogP contribution in [0.2, 0.25) is 0 Å². The van der Waals surface area contributed by atoms with Gasteiger partial charge in [-0.1, -0.05) is 54.6 Å². The number of benzene rings is 2. The lowest BCUT2D eigenvalue weighted by Gasteiger charge is -2.26. The molecule has 0 aliphatic rings. The van der Waals surface area contributed by atoms with Gasteiger partial charge in [-0.25, -0.2) is 22.1 Å². The fourth-order valence-corrected chi connectivity index (χ4v) is 5.95. The van der Waals surface area contributed by atoms with Gasteiger partial charge in [0, 0.05) is 11.1 Å². The van der Waals surface area contributed by atoms with Crippen molar-refractivity contribution in [2.75, 3.05) is 0 Å². The van der Waals surface area contributed by atoms with E-state index in [9.17, 15) is 12.6 Å². The van der Waals surface area contributed by atoms with Crippen molar-refractivity contribution in [1.29, 1.82) is 0 Å². The van der Waals surface area contributed by atoms with Gasteiger partial charge in [-0.2, -0.15) is 0 Å². The SMILES string of the molecule is CC(C)(C)NS(=O)Cc1ccc(CC(C)(C)NS(=O)(=O)Cc2ccccc2)cc1. The van der Waals surface area contributed by atoms with E-state index in [1.54, 1.807) is 0 Å². The van der Waals surface area contributed by atoms with E-state index in [1.165, 1.54) is 0 Å². The highest BCUT2D eigenvalue weighted by Crippen LogP contribution is 2.17. The molecule has 0 fully saturated rings. The predicted octanol–water partition coefficient (Wildman–Crippen LogP) is 3.68. The summed E-state index contributed by atoms with van der Waals surface area (Å²) in [5.41, 5.74) is 1.94. The van der Waals surface area contributed by atoms with Crippen molar-refractivity contribution >= 4 is 21.0 Å². The van der Waals surface area contributed by atoms with Gasteiger partial charge < -0.3 is 0 Å². The van der Waals surface area contributed by atoms with Crippen LogP contribution >= 0.6 is 0 Å². The Morgan fingerprint density at radius 3 is 1.93 bits per heavy atom. The molecule has 2 rings (SSSR count). The van der Waals surface area contributed by atoms with Crippen LogP contribution in [0.25, 0.3) is 0 Å². The Bertz CT molecular complexity index is 917. The van der Waals surface area contributed by atoms with Crippen LogP contribution in [-0.4, -0.2) is 23.7 Å². The first kappa shape index (κ1) is 23.7. The average molecular weight is 437 g/mol. The normalized spacial score (nSPS) is 14.0. The lowest BCUT2D eigenvalue weighted by molar-refractivity contribution is 0.450.